The molecule has 0 aliphatic heterocycles. The molecule has 1 heterocycles. The van der Waals surface area contributed by atoms with Gasteiger partial charge in [0.15, 0.2) is 11.9 Å². The van der Waals surface area contributed by atoms with Gasteiger partial charge in [0.1, 0.15) is 11.2 Å². The average Bonchev–Trinajstić information content (AvgIpc) is 3.28. The topological polar surface area (TPSA) is 87.2 Å². The molecule has 6 nitrogen and oxygen atoms in total. The van der Waals surface area contributed by atoms with Crippen LogP contribution in [0.25, 0.3) is 10.9 Å². The normalized spacial score (nSPS) is 15.7. The Labute approximate surface area is 125 Å². The Balaban J connectivity index is 2.26. The molecular formula is C15H16FN3O3. The molecule has 1 aliphatic carbocycles. The van der Waals surface area contributed by atoms with E-state index in [0.29, 0.717) is 12.2 Å². The Hall–Kier alpha value is -2.44. The van der Waals surface area contributed by atoms with Crippen molar-refractivity contribution < 1.29 is 13.9 Å². The zero-order valence-corrected chi connectivity index (χ0v) is 12.1. The molecule has 2 N–H and O–H groups in total. The van der Waals surface area contributed by atoms with Crippen molar-refractivity contribution in [3.63, 3.8) is 0 Å². The van der Waals surface area contributed by atoms with Crippen LogP contribution in [0.3, 0.4) is 0 Å². The summed E-state index contributed by atoms with van der Waals surface area (Å²) in [4.78, 5) is 28.1. The minimum atomic E-state index is -0.928. The zero-order chi connectivity index (χ0) is 15.9. The van der Waals surface area contributed by atoms with Crippen LogP contribution in [0.15, 0.2) is 23.0 Å². The number of benzene rings is 1. The minimum absolute atomic E-state index is 0.0236. The second kappa shape index (κ2) is 5.40. The van der Waals surface area contributed by atoms with Gasteiger partial charge in [-0.1, -0.05) is 13.0 Å². The Morgan fingerprint density at radius 2 is 2.27 bits per heavy atom. The summed E-state index contributed by atoms with van der Waals surface area (Å²) in [6.07, 6.45) is 0.410. The lowest BCUT2D eigenvalue weighted by Gasteiger charge is -2.19. The van der Waals surface area contributed by atoms with Crippen molar-refractivity contribution in [3.8, 4) is 0 Å². The van der Waals surface area contributed by atoms with Crippen LogP contribution < -0.4 is 11.3 Å². The smallest absolute Gasteiger partial charge is 0.405 e. The molecule has 1 atom stereocenters. The van der Waals surface area contributed by atoms with E-state index in [4.69, 9.17) is 10.5 Å². The van der Waals surface area contributed by atoms with E-state index in [2.05, 4.69) is 4.98 Å². The lowest BCUT2D eigenvalue weighted by atomic mass is 10.2. The molecule has 7 heteroatoms. The van der Waals surface area contributed by atoms with Crippen LogP contribution in [0.5, 0.6) is 0 Å². The highest BCUT2D eigenvalue weighted by Gasteiger charge is 2.32. The molecule has 1 unspecified atom stereocenters. The lowest BCUT2D eigenvalue weighted by Crippen LogP contribution is -2.29. The monoisotopic (exact) mass is 305 g/mol. The number of nitrogens with zero attached hydrogens (tertiary/aromatic N) is 2. The molecule has 0 bridgehead atoms. The fourth-order valence-corrected chi connectivity index (χ4v) is 2.59. The molecule has 1 fully saturated rings. The number of primary amides is 1. The predicted octanol–water partition coefficient (Wildman–Crippen LogP) is 2.42. The molecule has 1 saturated carbocycles. The van der Waals surface area contributed by atoms with Gasteiger partial charge in [-0.05, 0) is 31.4 Å². The molecule has 0 saturated heterocycles. The van der Waals surface area contributed by atoms with Crippen LogP contribution in [-0.4, -0.2) is 15.6 Å². The molecule has 2 aromatic rings. The van der Waals surface area contributed by atoms with Crippen molar-refractivity contribution in [2.45, 2.75) is 38.3 Å². The first kappa shape index (κ1) is 14.5. The van der Waals surface area contributed by atoms with Crippen molar-refractivity contribution in [1.82, 2.24) is 9.55 Å². The van der Waals surface area contributed by atoms with Gasteiger partial charge in [-0.15, -0.1) is 0 Å². The van der Waals surface area contributed by atoms with E-state index in [1.807, 2.05) is 0 Å². The molecule has 116 valence electrons. The number of amides is 1. The van der Waals surface area contributed by atoms with E-state index in [9.17, 15) is 14.0 Å². The lowest BCUT2D eigenvalue weighted by molar-refractivity contribution is 0.0959. The van der Waals surface area contributed by atoms with Gasteiger partial charge >= 0.3 is 6.09 Å². The van der Waals surface area contributed by atoms with Gasteiger partial charge in [0.2, 0.25) is 0 Å². The number of halogens is 1. The molecule has 0 spiro atoms. The summed E-state index contributed by atoms with van der Waals surface area (Å²) < 4.78 is 20.5. The van der Waals surface area contributed by atoms with Crippen molar-refractivity contribution >= 4 is 17.0 Å². The van der Waals surface area contributed by atoms with E-state index < -0.39 is 23.6 Å². The van der Waals surface area contributed by atoms with Crippen LogP contribution in [0.4, 0.5) is 9.18 Å². The molecule has 22 heavy (non-hydrogen) atoms. The van der Waals surface area contributed by atoms with E-state index >= 15 is 0 Å². The Bertz CT molecular complexity index is 798. The number of rotatable bonds is 4. The summed E-state index contributed by atoms with van der Waals surface area (Å²) in [6.45, 7) is 1.80. The molecule has 1 aromatic carbocycles. The van der Waals surface area contributed by atoms with Gasteiger partial charge in [0, 0.05) is 6.04 Å². The first-order valence-electron chi connectivity index (χ1n) is 7.19. The summed E-state index contributed by atoms with van der Waals surface area (Å²) in [5.74, 6) is -0.272. The molecular weight excluding hydrogens is 289 g/mol. The largest absolute Gasteiger partial charge is 0.438 e. The first-order chi connectivity index (χ1) is 10.5. The highest BCUT2D eigenvalue weighted by molar-refractivity contribution is 5.78. The fraction of sp³-hybridized carbons (Fsp3) is 0.400. The first-order valence-corrected chi connectivity index (χ1v) is 7.19. The van der Waals surface area contributed by atoms with Gasteiger partial charge in [0.25, 0.3) is 5.56 Å². The van der Waals surface area contributed by atoms with Crippen molar-refractivity contribution in [2.24, 2.45) is 5.73 Å². The van der Waals surface area contributed by atoms with Crippen LogP contribution in [0, 0.1) is 5.82 Å². The second-order valence-electron chi connectivity index (χ2n) is 5.34. The third kappa shape index (κ3) is 2.43. The van der Waals surface area contributed by atoms with Gasteiger partial charge in [-0.3, -0.25) is 9.36 Å². The third-order valence-electron chi connectivity index (χ3n) is 3.74. The fourth-order valence-electron chi connectivity index (χ4n) is 2.59. The number of ether oxygens (including phenoxy) is 1. The van der Waals surface area contributed by atoms with Gasteiger partial charge in [-0.25, -0.2) is 14.2 Å². The molecule has 1 aromatic heterocycles. The van der Waals surface area contributed by atoms with Crippen LogP contribution in [0.1, 0.15) is 44.2 Å². The Kier molecular flexibility index (Phi) is 3.56. The summed E-state index contributed by atoms with van der Waals surface area (Å²) in [5.41, 5.74) is 4.90. The summed E-state index contributed by atoms with van der Waals surface area (Å²) in [5, 5.41) is -0.0351. The average molecular weight is 305 g/mol. The maximum atomic E-state index is 14.0. The minimum Gasteiger partial charge on any atom is -0.438 e. The molecule has 3 rings (SSSR count). The molecule has 0 radical (unpaired) electrons. The van der Waals surface area contributed by atoms with E-state index in [1.165, 1.54) is 16.7 Å². The molecule has 1 amide bonds. The van der Waals surface area contributed by atoms with Crippen LogP contribution in [0.2, 0.25) is 0 Å². The van der Waals surface area contributed by atoms with Gasteiger partial charge < -0.3 is 10.5 Å². The summed E-state index contributed by atoms with van der Waals surface area (Å²) in [7, 11) is 0. The van der Waals surface area contributed by atoms with Gasteiger partial charge in [0.05, 0.1) is 5.52 Å². The zero-order valence-electron chi connectivity index (χ0n) is 12.1. The maximum absolute atomic E-state index is 14.0. The second-order valence-corrected chi connectivity index (χ2v) is 5.34. The number of hydrogen-bond donors (Lipinski definition) is 1. The number of hydrogen-bond acceptors (Lipinski definition) is 4. The van der Waals surface area contributed by atoms with Crippen molar-refractivity contribution in [2.75, 3.05) is 0 Å². The standard InChI is InChI=1S/C15H16FN3O3/c1-2-11(22-15(17)21)13-18-10-5-3-4-9(16)12(10)14(20)19(13)8-6-7-8/h3-5,8,11H,2,6-7H2,1H3,(H2,17,21). The van der Waals surface area contributed by atoms with Gasteiger partial charge in [-0.2, -0.15) is 0 Å². The Morgan fingerprint density at radius 1 is 1.55 bits per heavy atom. The molecule has 1 aliphatic rings. The number of carbonyl (C=O) groups is 1. The maximum Gasteiger partial charge on any atom is 0.405 e. The van der Waals surface area contributed by atoms with Crippen LogP contribution >= 0.6 is 0 Å². The van der Waals surface area contributed by atoms with E-state index in [-0.39, 0.29) is 16.9 Å². The quantitative estimate of drug-likeness (QED) is 0.939. The number of aromatic nitrogens is 2. The predicted molar refractivity (Wildman–Crippen MR) is 77.9 cm³/mol. The highest BCUT2D eigenvalue weighted by atomic mass is 19.1. The Morgan fingerprint density at radius 3 is 2.86 bits per heavy atom. The van der Waals surface area contributed by atoms with E-state index in [0.717, 1.165) is 12.8 Å². The number of carbonyl (C=O) groups excluding carboxylic acids is 1. The number of nitrogens with two attached hydrogens (primary N) is 1. The van der Waals surface area contributed by atoms with Crippen molar-refractivity contribution in [3.05, 3.63) is 40.2 Å². The highest BCUT2D eigenvalue weighted by Crippen LogP contribution is 2.37. The summed E-state index contributed by atoms with van der Waals surface area (Å²) >= 11 is 0. The summed E-state index contributed by atoms with van der Waals surface area (Å²) in [6, 6.07) is 4.27. The van der Waals surface area contributed by atoms with E-state index in [1.54, 1.807) is 13.0 Å². The third-order valence-corrected chi connectivity index (χ3v) is 3.74. The number of fused-ring (bicyclic) bond motifs is 1. The SMILES string of the molecule is CCC(OC(N)=O)c1nc2cccc(F)c2c(=O)n1C1CC1. The van der Waals surface area contributed by atoms with Crippen LogP contribution in [-0.2, 0) is 4.74 Å². The van der Waals surface area contributed by atoms with Crippen molar-refractivity contribution in [1.29, 1.82) is 0 Å².